The highest BCUT2D eigenvalue weighted by atomic mass is 35.5. The SMILES string of the molecule is COc1cc(C2CCN(C(=O)OC(C)(C)C)CC2)ccc1Nc1cc(Cc2cccc(Cl)c2Cl)nc2cn[nH]c(=O)c12. The minimum absolute atomic E-state index is 0.273. The first-order valence-corrected chi connectivity index (χ1v) is 14.5. The lowest BCUT2D eigenvalue weighted by Gasteiger charge is -2.33. The molecule has 2 aromatic heterocycles. The van der Waals surface area contributed by atoms with E-state index in [0.29, 0.717) is 63.3 Å². The summed E-state index contributed by atoms with van der Waals surface area (Å²) in [5.74, 6) is 0.910. The number of anilines is 2. The van der Waals surface area contributed by atoms with Crippen LogP contribution in [0.5, 0.6) is 5.75 Å². The van der Waals surface area contributed by atoms with Gasteiger partial charge in [0.05, 0.1) is 45.6 Å². The molecule has 42 heavy (non-hydrogen) atoms. The molecule has 9 nitrogen and oxygen atoms in total. The highest BCUT2D eigenvalue weighted by molar-refractivity contribution is 6.42. The maximum absolute atomic E-state index is 12.8. The molecule has 0 bridgehead atoms. The van der Waals surface area contributed by atoms with E-state index in [9.17, 15) is 9.59 Å². The highest BCUT2D eigenvalue weighted by Crippen LogP contribution is 2.37. The highest BCUT2D eigenvalue weighted by Gasteiger charge is 2.28. The van der Waals surface area contributed by atoms with Crippen LogP contribution in [0.1, 0.15) is 56.4 Å². The molecule has 1 amide bonds. The van der Waals surface area contributed by atoms with Crippen LogP contribution in [0.15, 0.2) is 53.5 Å². The summed E-state index contributed by atoms with van der Waals surface area (Å²) in [6.45, 7) is 6.87. The number of nitrogens with zero attached hydrogens (tertiary/aromatic N) is 3. The Kier molecular flexibility index (Phi) is 8.61. The third kappa shape index (κ3) is 6.63. The van der Waals surface area contributed by atoms with Crippen molar-refractivity contribution < 1.29 is 14.3 Å². The van der Waals surface area contributed by atoms with E-state index in [1.807, 2.05) is 51.1 Å². The number of carbonyl (C=O) groups is 1. The van der Waals surface area contributed by atoms with Crippen LogP contribution < -0.4 is 15.6 Å². The molecule has 11 heteroatoms. The Bertz CT molecular complexity index is 1680. The summed E-state index contributed by atoms with van der Waals surface area (Å²) in [4.78, 5) is 31.7. The Balaban J connectivity index is 1.40. The van der Waals surface area contributed by atoms with Crippen LogP contribution in [-0.4, -0.2) is 52.0 Å². The monoisotopic (exact) mass is 609 g/mol. The van der Waals surface area contributed by atoms with Crippen molar-refractivity contribution in [3.05, 3.63) is 85.9 Å². The lowest BCUT2D eigenvalue weighted by atomic mass is 9.89. The molecule has 1 aliphatic rings. The minimum Gasteiger partial charge on any atom is -0.495 e. The minimum atomic E-state index is -0.519. The second-order valence-corrected chi connectivity index (χ2v) is 12.1. The molecule has 1 fully saturated rings. The zero-order chi connectivity index (χ0) is 30.0. The number of aromatic amines is 1. The number of hydrogen-bond donors (Lipinski definition) is 2. The Morgan fingerprint density at radius 2 is 1.88 bits per heavy atom. The molecule has 0 unspecified atom stereocenters. The third-order valence-electron chi connectivity index (χ3n) is 7.20. The number of hydrogen-bond acceptors (Lipinski definition) is 7. The molecule has 0 saturated carbocycles. The number of nitrogens with one attached hydrogen (secondary N) is 2. The number of carbonyl (C=O) groups excluding carboxylic acids is 1. The van der Waals surface area contributed by atoms with E-state index in [1.165, 1.54) is 6.20 Å². The topological polar surface area (TPSA) is 109 Å². The van der Waals surface area contributed by atoms with Gasteiger partial charge in [-0.1, -0.05) is 41.4 Å². The van der Waals surface area contributed by atoms with Gasteiger partial charge in [0.1, 0.15) is 11.4 Å². The Labute approximate surface area is 254 Å². The van der Waals surface area contributed by atoms with Gasteiger partial charge in [0.15, 0.2) is 0 Å². The molecule has 3 heterocycles. The first-order valence-electron chi connectivity index (χ1n) is 13.8. The fraction of sp³-hybridized carbons (Fsp3) is 0.355. The Morgan fingerprint density at radius 1 is 1.12 bits per heavy atom. The summed E-state index contributed by atoms with van der Waals surface area (Å²) < 4.78 is 11.3. The predicted octanol–water partition coefficient (Wildman–Crippen LogP) is 7.08. The van der Waals surface area contributed by atoms with Gasteiger partial charge in [-0.15, -0.1) is 0 Å². The number of H-pyrrole nitrogens is 1. The van der Waals surface area contributed by atoms with Gasteiger partial charge in [-0.05, 0) is 74.9 Å². The van der Waals surface area contributed by atoms with Crippen LogP contribution in [0, 0.1) is 0 Å². The normalized spacial score (nSPS) is 14.2. The van der Waals surface area contributed by atoms with E-state index in [1.54, 1.807) is 18.1 Å². The van der Waals surface area contributed by atoms with Crippen LogP contribution >= 0.6 is 23.2 Å². The molecule has 2 aromatic carbocycles. The number of pyridine rings is 1. The average Bonchev–Trinajstić information content (AvgIpc) is 2.95. The first-order chi connectivity index (χ1) is 20.0. The predicted molar refractivity (Wildman–Crippen MR) is 165 cm³/mol. The van der Waals surface area contributed by atoms with Crippen molar-refractivity contribution in [3.63, 3.8) is 0 Å². The molecule has 0 atom stereocenters. The lowest BCUT2D eigenvalue weighted by Crippen LogP contribution is -2.41. The molecule has 220 valence electrons. The van der Waals surface area contributed by atoms with Crippen molar-refractivity contribution in [1.29, 1.82) is 0 Å². The van der Waals surface area contributed by atoms with Gasteiger partial charge in [0.2, 0.25) is 0 Å². The first kappa shape index (κ1) is 29.7. The van der Waals surface area contributed by atoms with E-state index in [-0.39, 0.29) is 17.6 Å². The maximum atomic E-state index is 12.8. The van der Waals surface area contributed by atoms with Crippen molar-refractivity contribution >= 4 is 51.6 Å². The summed E-state index contributed by atoms with van der Waals surface area (Å²) in [5.41, 5.74) is 3.46. The molecule has 2 N–H and O–H groups in total. The fourth-order valence-corrected chi connectivity index (χ4v) is 5.55. The Morgan fingerprint density at radius 3 is 2.60 bits per heavy atom. The van der Waals surface area contributed by atoms with Gasteiger partial charge in [0.25, 0.3) is 5.56 Å². The second kappa shape index (κ2) is 12.2. The van der Waals surface area contributed by atoms with Crippen molar-refractivity contribution in [3.8, 4) is 5.75 Å². The molecule has 4 aromatic rings. The number of likely N-dealkylation sites (tertiary alicyclic amines) is 1. The van der Waals surface area contributed by atoms with Crippen molar-refractivity contribution in [2.45, 2.75) is 51.6 Å². The van der Waals surface area contributed by atoms with Gasteiger partial charge >= 0.3 is 6.09 Å². The molecule has 0 radical (unpaired) electrons. The van der Waals surface area contributed by atoms with Crippen LogP contribution in [0.2, 0.25) is 10.0 Å². The van der Waals surface area contributed by atoms with E-state index >= 15 is 0 Å². The summed E-state index contributed by atoms with van der Waals surface area (Å²) >= 11 is 12.7. The van der Waals surface area contributed by atoms with Gasteiger partial charge in [0, 0.05) is 25.2 Å². The fourth-order valence-electron chi connectivity index (χ4n) is 5.16. The number of aromatic nitrogens is 3. The smallest absolute Gasteiger partial charge is 0.410 e. The summed E-state index contributed by atoms with van der Waals surface area (Å²) in [6, 6.07) is 13.3. The number of fused-ring (bicyclic) bond motifs is 1. The molecule has 1 saturated heterocycles. The van der Waals surface area contributed by atoms with E-state index in [2.05, 4.69) is 26.6 Å². The third-order valence-corrected chi connectivity index (χ3v) is 8.05. The number of benzene rings is 2. The number of halogens is 2. The Hall–Kier alpha value is -3.82. The van der Waals surface area contributed by atoms with Crippen LogP contribution in [0.3, 0.4) is 0 Å². The summed E-state index contributed by atoms with van der Waals surface area (Å²) in [6.07, 6.45) is 3.30. The van der Waals surface area contributed by atoms with Gasteiger partial charge < -0.3 is 19.7 Å². The standard InChI is InChI=1S/C31H33Cl2N5O4/c1-31(2,3)42-30(40)38-12-10-18(11-13-38)19-8-9-23(26(15-19)41-4)36-24-16-21(14-20-6-5-7-22(32)28(20)33)35-25-17-34-37-29(39)27(24)25/h5-9,15-18H,10-14H2,1-4H3,(H,35,36)(H,37,39). The molecular weight excluding hydrogens is 577 g/mol. The maximum Gasteiger partial charge on any atom is 0.410 e. The summed E-state index contributed by atoms with van der Waals surface area (Å²) in [5, 5.41) is 11.1. The number of methoxy groups -OCH3 is 1. The zero-order valence-electron chi connectivity index (χ0n) is 24.0. The zero-order valence-corrected chi connectivity index (χ0v) is 25.5. The van der Waals surface area contributed by atoms with Crippen molar-refractivity contribution in [1.82, 2.24) is 20.1 Å². The summed E-state index contributed by atoms with van der Waals surface area (Å²) in [7, 11) is 1.61. The van der Waals surface area contributed by atoms with Crippen molar-refractivity contribution in [2.24, 2.45) is 0 Å². The molecule has 1 aliphatic heterocycles. The van der Waals surface area contributed by atoms with Gasteiger partial charge in [-0.3, -0.25) is 9.78 Å². The quantitative estimate of drug-likeness (QED) is 0.240. The van der Waals surface area contributed by atoms with E-state index in [4.69, 9.17) is 32.7 Å². The van der Waals surface area contributed by atoms with E-state index < -0.39 is 5.60 Å². The second-order valence-electron chi connectivity index (χ2n) is 11.3. The average molecular weight is 611 g/mol. The van der Waals surface area contributed by atoms with Crippen LogP contribution in [0.4, 0.5) is 16.2 Å². The van der Waals surface area contributed by atoms with Crippen LogP contribution in [-0.2, 0) is 11.2 Å². The van der Waals surface area contributed by atoms with E-state index in [0.717, 1.165) is 24.0 Å². The number of rotatable bonds is 6. The largest absolute Gasteiger partial charge is 0.495 e. The number of amides is 1. The molecule has 0 spiro atoms. The number of piperidine rings is 1. The molecule has 0 aliphatic carbocycles. The lowest BCUT2D eigenvalue weighted by molar-refractivity contribution is 0.0205. The van der Waals surface area contributed by atoms with Crippen molar-refractivity contribution in [2.75, 3.05) is 25.5 Å². The number of ether oxygens (including phenoxy) is 2. The molecule has 5 rings (SSSR count). The van der Waals surface area contributed by atoms with Gasteiger partial charge in [-0.2, -0.15) is 5.10 Å². The molecular formula is C31H33Cl2N5O4. The van der Waals surface area contributed by atoms with Gasteiger partial charge in [-0.25, -0.2) is 9.89 Å². The van der Waals surface area contributed by atoms with Crippen LogP contribution in [0.25, 0.3) is 10.9 Å².